The first kappa shape index (κ1) is 20.9. The lowest BCUT2D eigenvalue weighted by atomic mass is 9.92. The molecule has 1 aromatic rings. The van der Waals surface area contributed by atoms with E-state index in [2.05, 4.69) is 38.3 Å². The maximum atomic E-state index is 12.5. The van der Waals surface area contributed by atoms with Crippen molar-refractivity contribution in [2.24, 2.45) is 0 Å². The van der Waals surface area contributed by atoms with E-state index in [0.29, 0.717) is 18.3 Å². The highest BCUT2D eigenvalue weighted by atomic mass is 16.2. The van der Waals surface area contributed by atoms with Crippen molar-refractivity contribution in [1.29, 1.82) is 0 Å². The second-order valence-electron chi connectivity index (χ2n) is 8.28. The molecule has 6 heteroatoms. The van der Waals surface area contributed by atoms with Crippen LogP contribution < -0.4 is 10.6 Å². The van der Waals surface area contributed by atoms with E-state index in [1.54, 1.807) is 13.8 Å². The third-order valence-electron chi connectivity index (χ3n) is 4.87. The second-order valence-corrected chi connectivity index (χ2v) is 8.28. The Hall–Kier alpha value is -2.37. The monoisotopic (exact) mass is 373 g/mol. The largest absolute Gasteiger partial charge is 0.326 e. The molecule has 0 aromatic heterocycles. The molecule has 0 unspecified atom stereocenters. The molecule has 1 heterocycles. The maximum Gasteiger partial charge on any atom is 0.325 e. The Bertz CT molecular complexity index is 712. The molecule has 1 fully saturated rings. The van der Waals surface area contributed by atoms with Crippen molar-refractivity contribution in [1.82, 2.24) is 10.2 Å². The van der Waals surface area contributed by atoms with Gasteiger partial charge in [-0.25, -0.2) is 4.79 Å². The fourth-order valence-corrected chi connectivity index (χ4v) is 3.32. The molecule has 6 nitrogen and oxygen atoms in total. The maximum absolute atomic E-state index is 12.5. The van der Waals surface area contributed by atoms with Crippen LogP contribution >= 0.6 is 0 Å². The molecule has 2 N–H and O–H groups in total. The number of imide groups is 1. The molecule has 1 aliphatic heterocycles. The minimum atomic E-state index is -0.873. The number of carbonyl (C=O) groups is 3. The second kappa shape index (κ2) is 8.11. The van der Waals surface area contributed by atoms with Crippen LogP contribution in [0.2, 0.25) is 0 Å². The standard InChI is InChI=1S/C21H31N3O3/c1-13(2)15-9-7-10-16(14(3)4)18(15)22-17(25)11-8-12-24-19(26)21(5,6)23-20(24)27/h7,9-10,13-14H,8,11-12H2,1-6H3,(H,22,25)(H,23,27). The van der Waals surface area contributed by atoms with Gasteiger partial charge in [0.15, 0.2) is 0 Å². The van der Waals surface area contributed by atoms with Gasteiger partial charge < -0.3 is 10.6 Å². The summed E-state index contributed by atoms with van der Waals surface area (Å²) < 4.78 is 0. The number of hydrogen-bond acceptors (Lipinski definition) is 3. The van der Waals surface area contributed by atoms with Gasteiger partial charge in [-0.2, -0.15) is 0 Å². The molecule has 0 aliphatic carbocycles. The van der Waals surface area contributed by atoms with Crippen LogP contribution in [-0.4, -0.2) is 34.8 Å². The van der Waals surface area contributed by atoms with E-state index in [-0.39, 0.29) is 24.8 Å². The summed E-state index contributed by atoms with van der Waals surface area (Å²) in [6.45, 7) is 12.0. The molecule has 148 valence electrons. The van der Waals surface area contributed by atoms with Gasteiger partial charge in [0, 0.05) is 18.7 Å². The Labute approximate surface area is 161 Å². The van der Waals surface area contributed by atoms with Crippen molar-refractivity contribution >= 4 is 23.5 Å². The van der Waals surface area contributed by atoms with Gasteiger partial charge in [0.05, 0.1) is 0 Å². The van der Waals surface area contributed by atoms with Crippen molar-refractivity contribution in [2.75, 3.05) is 11.9 Å². The van der Waals surface area contributed by atoms with Gasteiger partial charge in [0.1, 0.15) is 5.54 Å². The van der Waals surface area contributed by atoms with E-state index in [0.717, 1.165) is 16.8 Å². The number of rotatable bonds is 7. The summed E-state index contributed by atoms with van der Waals surface area (Å²) in [5.41, 5.74) is 2.25. The van der Waals surface area contributed by atoms with Gasteiger partial charge in [-0.3, -0.25) is 14.5 Å². The smallest absolute Gasteiger partial charge is 0.325 e. The van der Waals surface area contributed by atoms with Gasteiger partial charge >= 0.3 is 6.03 Å². The topological polar surface area (TPSA) is 78.5 Å². The summed E-state index contributed by atoms with van der Waals surface area (Å²) in [6.07, 6.45) is 0.684. The molecule has 0 spiro atoms. The molecule has 4 amide bonds. The van der Waals surface area contributed by atoms with Crippen LogP contribution in [0.4, 0.5) is 10.5 Å². The van der Waals surface area contributed by atoms with Crippen LogP contribution in [0, 0.1) is 0 Å². The fourth-order valence-electron chi connectivity index (χ4n) is 3.32. The molecule has 1 saturated heterocycles. The first-order valence-electron chi connectivity index (χ1n) is 9.61. The van der Waals surface area contributed by atoms with E-state index < -0.39 is 11.6 Å². The zero-order valence-corrected chi connectivity index (χ0v) is 17.2. The number of benzene rings is 1. The van der Waals surface area contributed by atoms with Crippen LogP contribution in [0.15, 0.2) is 18.2 Å². The highest BCUT2D eigenvalue weighted by molar-refractivity contribution is 6.06. The number of nitrogens with one attached hydrogen (secondary N) is 2. The van der Waals surface area contributed by atoms with Crippen LogP contribution in [0.25, 0.3) is 0 Å². The van der Waals surface area contributed by atoms with Gasteiger partial charge in [-0.15, -0.1) is 0 Å². The summed E-state index contributed by atoms with van der Waals surface area (Å²) in [4.78, 5) is 37.8. The quantitative estimate of drug-likeness (QED) is 0.710. The SMILES string of the molecule is CC(C)c1cccc(C(C)C)c1NC(=O)CCCN1C(=O)NC(C)(C)C1=O. The van der Waals surface area contributed by atoms with E-state index in [9.17, 15) is 14.4 Å². The summed E-state index contributed by atoms with van der Waals surface area (Å²) >= 11 is 0. The number of nitrogens with zero attached hydrogens (tertiary/aromatic N) is 1. The third kappa shape index (κ3) is 4.67. The van der Waals surface area contributed by atoms with Gasteiger partial charge in [-0.05, 0) is 43.2 Å². The molecular formula is C21H31N3O3. The van der Waals surface area contributed by atoms with E-state index in [1.807, 2.05) is 18.2 Å². The first-order valence-corrected chi connectivity index (χ1v) is 9.61. The van der Waals surface area contributed by atoms with E-state index in [1.165, 1.54) is 4.90 Å². The van der Waals surface area contributed by atoms with Crippen LogP contribution in [0.5, 0.6) is 0 Å². The van der Waals surface area contributed by atoms with Crippen molar-refractivity contribution in [3.63, 3.8) is 0 Å². The third-order valence-corrected chi connectivity index (χ3v) is 4.87. The predicted octanol–water partition coefficient (Wildman–Crippen LogP) is 3.98. The van der Waals surface area contributed by atoms with Crippen LogP contribution in [-0.2, 0) is 9.59 Å². The number of anilines is 1. The number of hydrogen-bond donors (Lipinski definition) is 2. The molecule has 0 bridgehead atoms. The lowest BCUT2D eigenvalue weighted by Gasteiger charge is -2.20. The molecule has 1 aliphatic rings. The Morgan fingerprint density at radius 3 is 2.11 bits per heavy atom. The first-order chi connectivity index (χ1) is 12.5. The zero-order chi connectivity index (χ0) is 20.4. The molecule has 0 radical (unpaired) electrons. The van der Waals surface area contributed by atoms with Crippen LogP contribution in [0.3, 0.4) is 0 Å². The Kier molecular flexibility index (Phi) is 6.29. The molecule has 27 heavy (non-hydrogen) atoms. The summed E-state index contributed by atoms with van der Waals surface area (Å²) in [7, 11) is 0. The Morgan fingerprint density at radius 2 is 1.67 bits per heavy atom. The normalized spacial score (nSPS) is 16.2. The van der Waals surface area contributed by atoms with Gasteiger partial charge in [0.2, 0.25) is 5.91 Å². The molecular weight excluding hydrogens is 342 g/mol. The summed E-state index contributed by atoms with van der Waals surface area (Å²) in [6, 6.07) is 5.72. The lowest BCUT2D eigenvalue weighted by Crippen LogP contribution is -2.40. The number of amides is 4. The fraction of sp³-hybridized carbons (Fsp3) is 0.571. The molecule has 0 saturated carbocycles. The average molecular weight is 373 g/mol. The van der Waals surface area contributed by atoms with Crippen molar-refractivity contribution < 1.29 is 14.4 Å². The highest BCUT2D eigenvalue weighted by Crippen LogP contribution is 2.32. The van der Waals surface area contributed by atoms with Crippen molar-refractivity contribution in [3.05, 3.63) is 29.3 Å². The van der Waals surface area contributed by atoms with E-state index >= 15 is 0 Å². The minimum Gasteiger partial charge on any atom is -0.326 e. The van der Waals surface area contributed by atoms with E-state index in [4.69, 9.17) is 0 Å². The number of para-hydroxylation sites is 1. The summed E-state index contributed by atoms with van der Waals surface area (Å²) in [5.74, 6) is 0.246. The predicted molar refractivity (Wildman–Crippen MR) is 107 cm³/mol. The van der Waals surface area contributed by atoms with Gasteiger partial charge in [0.25, 0.3) is 5.91 Å². The van der Waals surface area contributed by atoms with Crippen LogP contribution in [0.1, 0.15) is 77.3 Å². The highest BCUT2D eigenvalue weighted by Gasteiger charge is 2.43. The summed E-state index contributed by atoms with van der Waals surface area (Å²) in [5, 5.41) is 5.71. The molecule has 0 atom stereocenters. The van der Waals surface area contributed by atoms with Crippen molar-refractivity contribution in [2.45, 2.75) is 71.8 Å². The number of carbonyl (C=O) groups excluding carboxylic acids is 3. The Morgan fingerprint density at radius 1 is 1.11 bits per heavy atom. The zero-order valence-electron chi connectivity index (χ0n) is 17.2. The van der Waals surface area contributed by atoms with Gasteiger partial charge in [-0.1, -0.05) is 45.9 Å². The lowest BCUT2D eigenvalue weighted by molar-refractivity contribution is -0.130. The average Bonchev–Trinajstić information content (AvgIpc) is 2.76. The minimum absolute atomic E-state index is 0.101. The molecule has 2 rings (SSSR count). The Balaban J connectivity index is 2.01. The van der Waals surface area contributed by atoms with Crippen molar-refractivity contribution in [3.8, 4) is 0 Å². The number of urea groups is 1. The molecule has 1 aromatic carbocycles.